The van der Waals surface area contributed by atoms with Crippen LogP contribution >= 0.6 is 0 Å². The molecule has 5 nitrogen and oxygen atoms in total. The first-order valence-electron chi connectivity index (χ1n) is 7.13. The second-order valence-electron chi connectivity index (χ2n) is 4.84. The molecule has 2 aromatic carbocycles. The highest BCUT2D eigenvalue weighted by molar-refractivity contribution is 5.80. The summed E-state index contributed by atoms with van der Waals surface area (Å²) in [6.07, 6.45) is 0. The van der Waals surface area contributed by atoms with Crippen LogP contribution in [-0.4, -0.2) is 23.7 Å². The third-order valence-electron chi connectivity index (χ3n) is 3.15. The zero-order valence-electron chi connectivity index (χ0n) is 12.2. The van der Waals surface area contributed by atoms with Gasteiger partial charge in [-0.1, -0.05) is 60.7 Å². The molecule has 116 valence electrons. The summed E-state index contributed by atoms with van der Waals surface area (Å²) in [5, 5.41) is 12.3. The van der Waals surface area contributed by atoms with Crippen LogP contribution in [-0.2, 0) is 22.8 Å². The van der Waals surface area contributed by atoms with E-state index >= 15 is 0 Å². The van der Waals surface area contributed by atoms with Crippen molar-refractivity contribution in [1.82, 2.24) is 10.8 Å². The van der Waals surface area contributed by atoms with Crippen molar-refractivity contribution in [3.63, 3.8) is 0 Å². The maximum atomic E-state index is 11.9. The van der Waals surface area contributed by atoms with Gasteiger partial charge in [0.25, 0.3) is 5.91 Å². The zero-order chi connectivity index (χ0) is 15.6. The zero-order valence-corrected chi connectivity index (χ0v) is 12.2. The molecule has 0 radical (unpaired) electrons. The van der Waals surface area contributed by atoms with E-state index in [1.807, 2.05) is 60.7 Å². The average Bonchev–Trinajstić information content (AvgIpc) is 2.57. The fourth-order valence-corrected chi connectivity index (χ4v) is 1.91. The highest BCUT2D eigenvalue weighted by Crippen LogP contribution is 2.00. The SMILES string of the molecule is O=C(NOCc1ccccc1)[C@@H](CO)NCc1ccccc1. The van der Waals surface area contributed by atoms with Gasteiger partial charge >= 0.3 is 0 Å². The lowest BCUT2D eigenvalue weighted by Gasteiger charge is -2.16. The smallest absolute Gasteiger partial charge is 0.263 e. The van der Waals surface area contributed by atoms with Crippen LogP contribution in [0.25, 0.3) is 0 Å². The highest BCUT2D eigenvalue weighted by atomic mass is 16.6. The number of hydrogen-bond acceptors (Lipinski definition) is 4. The topological polar surface area (TPSA) is 70.6 Å². The van der Waals surface area contributed by atoms with Gasteiger partial charge < -0.3 is 5.11 Å². The van der Waals surface area contributed by atoms with E-state index in [1.165, 1.54) is 0 Å². The molecule has 22 heavy (non-hydrogen) atoms. The van der Waals surface area contributed by atoms with E-state index in [1.54, 1.807) is 0 Å². The van der Waals surface area contributed by atoms with Gasteiger partial charge in [-0.15, -0.1) is 0 Å². The van der Waals surface area contributed by atoms with Crippen LogP contribution < -0.4 is 10.8 Å². The highest BCUT2D eigenvalue weighted by Gasteiger charge is 2.16. The lowest BCUT2D eigenvalue weighted by atomic mass is 10.2. The molecule has 5 heteroatoms. The molecule has 0 spiro atoms. The standard InChI is InChI=1S/C17H20N2O3/c20-12-16(18-11-14-7-3-1-4-8-14)17(21)19-22-13-15-9-5-2-6-10-15/h1-10,16,18,20H,11-13H2,(H,19,21)/t16-/m1/s1. The van der Waals surface area contributed by atoms with Gasteiger partial charge in [0, 0.05) is 6.54 Å². The van der Waals surface area contributed by atoms with Crippen LogP contribution in [0.1, 0.15) is 11.1 Å². The molecule has 0 fully saturated rings. The van der Waals surface area contributed by atoms with Crippen molar-refractivity contribution >= 4 is 5.91 Å². The average molecular weight is 300 g/mol. The number of aliphatic hydroxyl groups is 1. The van der Waals surface area contributed by atoms with Crippen LogP contribution in [0.3, 0.4) is 0 Å². The van der Waals surface area contributed by atoms with Gasteiger partial charge in [-0.2, -0.15) is 0 Å². The van der Waals surface area contributed by atoms with Gasteiger partial charge in [0.05, 0.1) is 13.2 Å². The molecule has 0 aromatic heterocycles. The maximum Gasteiger partial charge on any atom is 0.263 e. The molecular weight excluding hydrogens is 280 g/mol. The number of hydroxylamine groups is 1. The van der Waals surface area contributed by atoms with E-state index in [9.17, 15) is 9.90 Å². The molecule has 0 aliphatic heterocycles. The van der Waals surface area contributed by atoms with Crippen molar-refractivity contribution in [3.05, 3.63) is 71.8 Å². The first-order valence-corrected chi connectivity index (χ1v) is 7.13. The van der Waals surface area contributed by atoms with Gasteiger partial charge in [0.1, 0.15) is 6.04 Å². The van der Waals surface area contributed by atoms with Crippen molar-refractivity contribution in [3.8, 4) is 0 Å². The first kappa shape index (κ1) is 16.2. The molecule has 3 N–H and O–H groups in total. The molecule has 0 heterocycles. The summed E-state index contributed by atoms with van der Waals surface area (Å²) in [5.41, 5.74) is 4.36. The molecular formula is C17H20N2O3. The van der Waals surface area contributed by atoms with Crippen LogP contribution in [0.4, 0.5) is 0 Å². The first-order chi connectivity index (χ1) is 10.8. The van der Waals surface area contributed by atoms with Crippen LogP contribution in [0.15, 0.2) is 60.7 Å². The van der Waals surface area contributed by atoms with Crippen molar-refractivity contribution in [2.75, 3.05) is 6.61 Å². The molecule has 1 amide bonds. The lowest BCUT2D eigenvalue weighted by molar-refractivity contribution is -0.137. The maximum absolute atomic E-state index is 11.9. The van der Waals surface area contributed by atoms with Crippen molar-refractivity contribution in [1.29, 1.82) is 0 Å². The van der Waals surface area contributed by atoms with E-state index in [0.717, 1.165) is 11.1 Å². The Hall–Kier alpha value is -2.21. The van der Waals surface area contributed by atoms with Gasteiger partial charge in [-0.25, -0.2) is 5.48 Å². The minimum atomic E-state index is -0.712. The Kier molecular flexibility index (Phi) is 6.57. The monoisotopic (exact) mass is 300 g/mol. The molecule has 0 aliphatic carbocycles. The van der Waals surface area contributed by atoms with Crippen molar-refractivity contribution in [2.24, 2.45) is 0 Å². The number of rotatable bonds is 8. The Morgan fingerprint density at radius 3 is 2.18 bits per heavy atom. The predicted molar refractivity (Wildman–Crippen MR) is 83.5 cm³/mol. The summed E-state index contributed by atoms with van der Waals surface area (Å²) in [4.78, 5) is 17.1. The molecule has 0 bridgehead atoms. The third kappa shape index (κ3) is 5.29. The number of nitrogens with one attached hydrogen (secondary N) is 2. The summed E-state index contributed by atoms with van der Waals surface area (Å²) in [6.45, 7) is 0.481. The Morgan fingerprint density at radius 1 is 1.00 bits per heavy atom. The number of amides is 1. The molecule has 0 saturated heterocycles. The summed E-state index contributed by atoms with van der Waals surface area (Å²) in [5.74, 6) is -0.394. The van der Waals surface area contributed by atoms with E-state index in [-0.39, 0.29) is 13.2 Å². The Morgan fingerprint density at radius 2 is 1.59 bits per heavy atom. The van der Waals surface area contributed by atoms with Gasteiger partial charge in [0.15, 0.2) is 0 Å². The molecule has 0 unspecified atom stereocenters. The summed E-state index contributed by atoms with van der Waals surface area (Å²) < 4.78 is 0. The van der Waals surface area contributed by atoms with E-state index in [2.05, 4.69) is 10.8 Å². The van der Waals surface area contributed by atoms with Crippen molar-refractivity contribution in [2.45, 2.75) is 19.2 Å². The quantitative estimate of drug-likeness (QED) is 0.644. The number of hydrogen-bond donors (Lipinski definition) is 3. The number of carbonyl (C=O) groups is 1. The number of aliphatic hydroxyl groups excluding tert-OH is 1. The molecule has 2 aromatic rings. The minimum Gasteiger partial charge on any atom is -0.394 e. The fraction of sp³-hybridized carbons (Fsp3) is 0.235. The Balaban J connectivity index is 1.74. The van der Waals surface area contributed by atoms with Gasteiger partial charge in [0.2, 0.25) is 0 Å². The van der Waals surface area contributed by atoms with Gasteiger partial charge in [-0.05, 0) is 11.1 Å². The normalized spacial score (nSPS) is 11.9. The lowest BCUT2D eigenvalue weighted by Crippen LogP contribution is -2.46. The fourth-order valence-electron chi connectivity index (χ4n) is 1.91. The molecule has 0 saturated carbocycles. The van der Waals surface area contributed by atoms with Crippen LogP contribution in [0.5, 0.6) is 0 Å². The van der Waals surface area contributed by atoms with Crippen LogP contribution in [0, 0.1) is 0 Å². The van der Waals surface area contributed by atoms with Gasteiger partial charge in [-0.3, -0.25) is 14.9 Å². The van der Waals surface area contributed by atoms with E-state index in [4.69, 9.17) is 4.84 Å². The second kappa shape index (κ2) is 8.94. The minimum absolute atomic E-state index is 0.281. The number of benzene rings is 2. The van der Waals surface area contributed by atoms with E-state index < -0.39 is 11.9 Å². The van der Waals surface area contributed by atoms with Crippen LogP contribution in [0.2, 0.25) is 0 Å². The second-order valence-corrected chi connectivity index (χ2v) is 4.84. The largest absolute Gasteiger partial charge is 0.394 e. The van der Waals surface area contributed by atoms with Crippen molar-refractivity contribution < 1.29 is 14.7 Å². The predicted octanol–water partition coefficient (Wildman–Crippen LogP) is 1.39. The number of carbonyl (C=O) groups excluding carboxylic acids is 1. The third-order valence-corrected chi connectivity index (χ3v) is 3.15. The van der Waals surface area contributed by atoms with E-state index in [0.29, 0.717) is 6.54 Å². The Labute approximate surface area is 129 Å². The summed E-state index contributed by atoms with van der Waals surface area (Å²) in [7, 11) is 0. The Bertz CT molecular complexity index is 561. The summed E-state index contributed by atoms with van der Waals surface area (Å²) in [6, 6.07) is 18.5. The summed E-state index contributed by atoms with van der Waals surface area (Å²) >= 11 is 0. The molecule has 0 aliphatic rings. The molecule has 2 rings (SSSR count). The molecule has 1 atom stereocenters.